The van der Waals surface area contributed by atoms with Crippen molar-refractivity contribution in [2.45, 2.75) is 38.3 Å². The number of hydrogen-bond acceptors (Lipinski definition) is 5. The fraction of sp³-hybridized carbons (Fsp3) is 0.833. The lowest BCUT2D eigenvalue weighted by Gasteiger charge is -2.26. The Morgan fingerprint density at radius 2 is 2.05 bits per heavy atom. The maximum atomic E-state index is 12.1. The zero-order chi connectivity index (χ0) is 16.0. The van der Waals surface area contributed by atoms with Gasteiger partial charge in [0.15, 0.2) is 0 Å². The lowest BCUT2D eigenvalue weighted by atomic mass is 10.2. The van der Waals surface area contributed by atoms with E-state index >= 15 is 0 Å². The highest BCUT2D eigenvalue weighted by atomic mass is 32.2. The molecule has 1 fully saturated rings. The van der Waals surface area contributed by atoms with Gasteiger partial charge in [-0.05, 0) is 26.2 Å². The van der Waals surface area contributed by atoms with Crippen molar-refractivity contribution in [1.29, 1.82) is 0 Å². The minimum absolute atomic E-state index is 0.0957. The molecule has 0 spiro atoms. The molecule has 1 unspecified atom stereocenters. The van der Waals surface area contributed by atoms with Crippen LogP contribution in [0.4, 0.5) is 0 Å². The van der Waals surface area contributed by atoms with Crippen LogP contribution in [0.2, 0.25) is 0 Å². The Balaban J connectivity index is 2.52. The summed E-state index contributed by atoms with van der Waals surface area (Å²) in [5, 5.41) is 9.00. The molecule has 1 amide bonds. The summed E-state index contributed by atoms with van der Waals surface area (Å²) >= 11 is 0. The first-order chi connectivity index (χ1) is 9.78. The van der Waals surface area contributed by atoms with Gasteiger partial charge in [-0.25, -0.2) is 17.9 Å². The standard InChI is InChI=1S/C12H22N2O6S/c1-9(12(16)17)14(10-4-5-10)11(15)8-13-21(18,19)7-3-6-20-2/h9-10,13H,3-8H2,1-2H3,(H,16,17). The SMILES string of the molecule is COCCCS(=O)(=O)NCC(=O)N(C1CC1)C(C)C(=O)O. The van der Waals surface area contributed by atoms with Crippen LogP contribution in [0.25, 0.3) is 0 Å². The monoisotopic (exact) mass is 322 g/mol. The molecule has 0 aliphatic heterocycles. The zero-order valence-corrected chi connectivity index (χ0v) is 13.1. The van der Waals surface area contributed by atoms with Gasteiger partial charge in [0.25, 0.3) is 0 Å². The van der Waals surface area contributed by atoms with E-state index in [1.165, 1.54) is 18.9 Å². The number of nitrogens with zero attached hydrogens (tertiary/aromatic N) is 1. The first kappa shape index (κ1) is 17.9. The molecule has 1 aliphatic rings. The Morgan fingerprint density at radius 1 is 1.43 bits per heavy atom. The van der Waals surface area contributed by atoms with Crippen molar-refractivity contribution in [3.8, 4) is 0 Å². The van der Waals surface area contributed by atoms with E-state index in [9.17, 15) is 18.0 Å². The number of ether oxygens (including phenoxy) is 1. The topological polar surface area (TPSA) is 113 Å². The number of sulfonamides is 1. The van der Waals surface area contributed by atoms with Crippen molar-refractivity contribution in [2.75, 3.05) is 26.0 Å². The minimum Gasteiger partial charge on any atom is -0.480 e. The summed E-state index contributed by atoms with van der Waals surface area (Å²) in [6.07, 6.45) is 1.84. The van der Waals surface area contributed by atoms with Gasteiger partial charge in [0, 0.05) is 19.8 Å². The molecule has 0 radical (unpaired) electrons. The molecule has 0 aromatic heterocycles. The molecule has 9 heteroatoms. The molecule has 8 nitrogen and oxygen atoms in total. The van der Waals surface area contributed by atoms with Crippen LogP contribution in [-0.4, -0.2) is 68.4 Å². The van der Waals surface area contributed by atoms with Gasteiger partial charge in [0.05, 0.1) is 12.3 Å². The Kier molecular flexibility index (Phi) is 6.56. The first-order valence-electron chi connectivity index (χ1n) is 6.78. The third-order valence-electron chi connectivity index (χ3n) is 3.21. The van der Waals surface area contributed by atoms with Crippen LogP contribution >= 0.6 is 0 Å². The fourth-order valence-corrected chi connectivity index (χ4v) is 2.92. The second-order valence-corrected chi connectivity index (χ2v) is 6.96. The predicted molar refractivity (Wildman–Crippen MR) is 75.2 cm³/mol. The van der Waals surface area contributed by atoms with Crippen molar-refractivity contribution in [1.82, 2.24) is 9.62 Å². The summed E-state index contributed by atoms with van der Waals surface area (Å²) in [6.45, 7) is 1.33. The van der Waals surface area contributed by atoms with Crippen molar-refractivity contribution in [2.24, 2.45) is 0 Å². The van der Waals surface area contributed by atoms with E-state index in [4.69, 9.17) is 9.84 Å². The highest BCUT2D eigenvalue weighted by molar-refractivity contribution is 7.89. The largest absolute Gasteiger partial charge is 0.480 e. The highest BCUT2D eigenvalue weighted by Crippen LogP contribution is 2.28. The summed E-state index contributed by atoms with van der Waals surface area (Å²) in [5.41, 5.74) is 0. The summed E-state index contributed by atoms with van der Waals surface area (Å²) in [6, 6.07) is -1.05. The van der Waals surface area contributed by atoms with Gasteiger partial charge in [0.1, 0.15) is 6.04 Å². The van der Waals surface area contributed by atoms with Crippen LogP contribution in [0.5, 0.6) is 0 Å². The van der Waals surface area contributed by atoms with Crippen molar-refractivity contribution >= 4 is 21.9 Å². The number of methoxy groups -OCH3 is 1. The van der Waals surface area contributed by atoms with Crippen LogP contribution in [0.3, 0.4) is 0 Å². The van der Waals surface area contributed by atoms with Crippen LogP contribution in [-0.2, 0) is 24.3 Å². The number of carboxylic acids is 1. The number of rotatable bonds is 10. The van der Waals surface area contributed by atoms with Gasteiger partial charge in [-0.1, -0.05) is 0 Å². The average molecular weight is 322 g/mol. The molecule has 0 saturated heterocycles. The molecule has 1 rings (SSSR count). The third-order valence-corrected chi connectivity index (χ3v) is 4.62. The highest BCUT2D eigenvalue weighted by Gasteiger charge is 2.38. The maximum Gasteiger partial charge on any atom is 0.326 e. The lowest BCUT2D eigenvalue weighted by Crippen LogP contribution is -2.49. The van der Waals surface area contributed by atoms with E-state index < -0.39 is 34.5 Å². The van der Waals surface area contributed by atoms with E-state index in [0.29, 0.717) is 13.0 Å². The first-order valence-corrected chi connectivity index (χ1v) is 8.44. The average Bonchev–Trinajstić information content (AvgIpc) is 3.21. The molecule has 1 atom stereocenters. The summed E-state index contributed by atoms with van der Waals surface area (Å²) in [5.74, 6) is -1.74. The van der Waals surface area contributed by atoms with E-state index in [-0.39, 0.29) is 11.8 Å². The summed E-state index contributed by atoms with van der Waals surface area (Å²) in [4.78, 5) is 24.3. The van der Waals surface area contributed by atoms with E-state index in [0.717, 1.165) is 12.8 Å². The molecule has 122 valence electrons. The molecule has 0 aromatic carbocycles. The van der Waals surface area contributed by atoms with Crippen LogP contribution in [0.15, 0.2) is 0 Å². The summed E-state index contributed by atoms with van der Waals surface area (Å²) in [7, 11) is -2.08. The molecule has 0 heterocycles. The van der Waals surface area contributed by atoms with E-state index in [2.05, 4.69) is 4.72 Å². The Labute approximate surface area is 124 Å². The van der Waals surface area contributed by atoms with Gasteiger partial charge in [-0.2, -0.15) is 0 Å². The number of carboxylic acid groups (broad SMARTS) is 1. The zero-order valence-electron chi connectivity index (χ0n) is 12.2. The van der Waals surface area contributed by atoms with Gasteiger partial charge in [0.2, 0.25) is 15.9 Å². The number of amides is 1. The molecule has 1 saturated carbocycles. The molecular formula is C12H22N2O6S. The second-order valence-electron chi connectivity index (χ2n) is 5.03. The normalized spacial score (nSPS) is 16.5. The van der Waals surface area contributed by atoms with Crippen LogP contribution in [0.1, 0.15) is 26.2 Å². The van der Waals surface area contributed by atoms with Gasteiger partial charge in [-0.15, -0.1) is 0 Å². The molecule has 0 bridgehead atoms. The van der Waals surface area contributed by atoms with E-state index in [1.807, 2.05) is 0 Å². The van der Waals surface area contributed by atoms with Crippen LogP contribution in [0, 0.1) is 0 Å². The van der Waals surface area contributed by atoms with Crippen molar-refractivity contribution in [3.63, 3.8) is 0 Å². The smallest absolute Gasteiger partial charge is 0.326 e. The van der Waals surface area contributed by atoms with Gasteiger partial charge >= 0.3 is 5.97 Å². The number of carbonyl (C=O) groups excluding carboxylic acids is 1. The quantitative estimate of drug-likeness (QED) is 0.520. The number of carbonyl (C=O) groups is 2. The second kappa shape index (κ2) is 7.71. The number of aliphatic carboxylic acids is 1. The van der Waals surface area contributed by atoms with Crippen molar-refractivity contribution in [3.05, 3.63) is 0 Å². The van der Waals surface area contributed by atoms with Crippen molar-refractivity contribution < 1.29 is 27.9 Å². The fourth-order valence-electron chi connectivity index (χ4n) is 1.94. The maximum absolute atomic E-state index is 12.1. The Morgan fingerprint density at radius 3 is 2.52 bits per heavy atom. The summed E-state index contributed by atoms with van der Waals surface area (Å²) < 4.78 is 30.3. The van der Waals surface area contributed by atoms with Gasteiger partial charge in [-0.3, -0.25) is 4.79 Å². The number of hydrogen-bond donors (Lipinski definition) is 2. The lowest BCUT2D eigenvalue weighted by molar-refractivity contribution is -0.149. The molecule has 1 aliphatic carbocycles. The predicted octanol–water partition coefficient (Wildman–Crippen LogP) is -0.594. The molecule has 0 aromatic rings. The van der Waals surface area contributed by atoms with Gasteiger partial charge < -0.3 is 14.7 Å². The molecule has 2 N–H and O–H groups in total. The molecular weight excluding hydrogens is 300 g/mol. The third kappa shape index (κ3) is 5.98. The Hall–Kier alpha value is -1.19. The molecule has 21 heavy (non-hydrogen) atoms. The van der Waals surface area contributed by atoms with Crippen LogP contribution < -0.4 is 4.72 Å². The van der Waals surface area contributed by atoms with E-state index in [1.54, 1.807) is 0 Å². The minimum atomic E-state index is -3.56. The Bertz CT molecular complexity index is 474. The number of nitrogens with one attached hydrogen (secondary N) is 1.